The van der Waals surface area contributed by atoms with Crippen LogP contribution in [0.25, 0.3) is 66.2 Å². The maximum atomic E-state index is 7.08. The van der Waals surface area contributed by atoms with Crippen molar-refractivity contribution in [3.8, 4) is 33.5 Å². The van der Waals surface area contributed by atoms with E-state index in [2.05, 4.69) is 158 Å². The molecule has 0 saturated heterocycles. The van der Waals surface area contributed by atoms with Crippen LogP contribution in [0.1, 0.15) is 54.4 Å². The number of fused-ring (bicyclic) bond motifs is 15. The second kappa shape index (κ2) is 11.4. The lowest BCUT2D eigenvalue weighted by Crippen LogP contribution is -2.55. The van der Waals surface area contributed by atoms with Crippen molar-refractivity contribution in [3.63, 3.8) is 0 Å². The van der Waals surface area contributed by atoms with Crippen LogP contribution in [-0.4, -0.2) is 8.07 Å². The van der Waals surface area contributed by atoms with Gasteiger partial charge in [0, 0.05) is 33.4 Å². The Morgan fingerprint density at radius 2 is 1.40 bits per heavy atom. The molecule has 8 aromatic rings. The van der Waals surface area contributed by atoms with Crippen LogP contribution in [0.15, 0.2) is 138 Å². The lowest BCUT2D eigenvalue weighted by atomic mass is 9.78. The van der Waals surface area contributed by atoms with Gasteiger partial charge in [-0.15, -0.1) is 0 Å². The number of hydrogen-bond donors (Lipinski definition) is 0. The van der Waals surface area contributed by atoms with E-state index in [0.29, 0.717) is 0 Å². The van der Waals surface area contributed by atoms with Crippen LogP contribution in [-0.2, 0) is 12.0 Å². The van der Waals surface area contributed by atoms with Crippen LogP contribution in [0.2, 0.25) is 19.6 Å². The summed E-state index contributed by atoms with van der Waals surface area (Å²) in [5.74, 6) is 0.783. The highest BCUT2D eigenvalue weighted by Crippen LogP contribution is 2.59. The Hall–Kier alpha value is -5.25. The van der Waals surface area contributed by atoms with Gasteiger partial charge in [0.2, 0.25) is 11.2 Å². The highest BCUT2D eigenvalue weighted by atomic mass is 28.3. The molecular formula is C50H44NOSi+. The minimum absolute atomic E-state index is 0.560. The van der Waals surface area contributed by atoms with Gasteiger partial charge in [-0.3, -0.25) is 0 Å². The van der Waals surface area contributed by atoms with E-state index < -0.39 is 13.6 Å². The molecule has 2 aliphatic carbocycles. The Kier molecular flexibility index (Phi) is 6.71. The molecule has 3 aliphatic rings. The normalized spacial score (nSPS) is 17.8. The van der Waals surface area contributed by atoms with E-state index in [0.717, 1.165) is 22.5 Å². The van der Waals surface area contributed by atoms with Gasteiger partial charge >= 0.3 is 0 Å². The first-order valence-electron chi connectivity index (χ1n) is 19.7. The first-order chi connectivity index (χ1) is 25.9. The number of nitrogens with zero attached hydrogens (tertiary/aromatic N) is 1. The standard InChI is InChI=1S/C50H44NOSi/c1-53(2,3)46-30-42-40(27-36(46)26-32-16-6-4-7-17-32)37-22-12-14-24-41(37)50(42)43-29-39(33-18-8-5-9-19-33)47-38-23-13-15-25-45(38)52-49(47)48(43)44-28-34-20-10-11-21-35(34)31-51(44)50/h5,8-15,18-25,27-32H,4,6-7,16-17,26H2,1-3H3/q+1. The number of rotatable bonds is 4. The Morgan fingerprint density at radius 3 is 2.23 bits per heavy atom. The summed E-state index contributed by atoms with van der Waals surface area (Å²) >= 11 is 0. The Bertz CT molecular complexity index is 2780. The predicted molar refractivity (Wildman–Crippen MR) is 223 cm³/mol. The van der Waals surface area contributed by atoms with Crippen molar-refractivity contribution in [1.29, 1.82) is 0 Å². The topological polar surface area (TPSA) is 17.0 Å². The zero-order valence-electron chi connectivity index (χ0n) is 30.9. The van der Waals surface area contributed by atoms with Crippen molar-refractivity contribution in [1.82, 2.24) is 0 Å². The summed E-state index contributed by atoms with van der Waals surface area (Å²) in [5.41, 5.74) is 14.7. The largest absolute Gasteiger partial charge is 0.455 e. The Balaban J connectivity index is 1.31. The summed E-state index contributed by atoms with van der Waals surface area (Å²) in [6.45, 7) is 7.66. The monoisotopic (exact) mass is 702 g/mol. The first kappa shape index (κ1) is 31.3. The van der Waals surface area contributed by atoms with E-state index >= 15 is 0 Å². The number of para-hydroxylation sites is 1. The average molecular weight is 703 g/mol. The molecule has 1 unspecified atom stereocenters. The van der Waals surface area contributed by atoms with E-state index in [-0.39, 0.29) is 0 Å². The van der Waals surface area contributed by atoms with Crippen molar-refractivity contribution in [2.75, 3.05) is 0 Å². The average Bonchev–Trinajstić information content (AvgIpc) is 3.80. The zero-order chi connectivity index (χ0) is 35.5. The molecular weight excluding hydrogens is 659 g/mol. The fraction of sp³-hybridized carbons (Fsp3) is 0.220. The van der Waals surface area contributed by atoms with Crippen LogP contribution < -0.4 is 9.75 Å². The van der Waals surface area contributed by atoms with E-state index in [1.165, 1.54) is 105 Å². The molecule has 0 radical (unpaired) electrons. The van der Waals surface area contributed by atoms with E-state index in [4.69, 9.17) is 4.42 Å². The number of pyridine rings is 1. The summed E-state index contributed by atoms with van der Waals surface area (Å²) in [7, 11) is -1.76. The smallest absolute Gasteiger partial charge is 0.246 e. The summed E-state index contributed by atoms with van der Waals surface area (Å²) in [6, 6.07) is 48.0. The van der Waals surface area contributed by atoms with Crippen molar-refractivity contribution >= 4 is 46.0 Å². The molecule has 3 heterocycles. The molecule has 1 aliphatic heterocycles. The number of furan rings is 1. The zero-order valence-corrected chi connectivity index (χ0v) is 31.9. The fourth-order valence-corrected chi connectivity index (χ4v) is 12.2. The SMILES string of the molecule is C[Si](C)(C)c1cc2c(cc1CC1CCCCC1)-c1ccccc1C21c2cc(-c3ccccc3)c3c(oc4ccccc43)c2-c2cc3ccccc3c[n+]21. The van der Waals surface area contributed by atoms with E-state index in [1.807, 2.05) is 0 Å². The molecule has 1 atom stereocenters. The predicted octanol–water partition coefficient (Wildman–Crippen LogP) is 12.2. The molecule has 3 heteroatoms. The van der Waals surface area contributed by atoms with Gasteiger partial charge in [0.15, 0.2) is 11.8 Å². The van der Waals surface area contributed by atoms with Gasteiger partial charge in [0.25, 0.3) is 0 Å². The lowest BCUT2D eigenvalue weighted by molar-refractivity contribution is -0.716. The molecule has 11 rings (SSSR count). The summed E-state index contributed by atoms with van der Waals surface area (Å²) < 4.78 is 9.72. The minimum Gasteiger partial charge on any atom is -0.455 e. The van der Waals surface area contributed by atoms with Crippen LogP contribution >= 0.6 is 0 Å². The maximum Gasteiger partial charge on any atom is 0.246 e. The molecule has 1 saturated carbocycles. The third-order valence-electron chi connectivity index (χ3n) is 12.8. The minimum atomic E-state index is -1.76. The van der Waals surface area contributed by atoms with Gasteiger partial charge in [-0.1, -0.05) is 160 Å². The van der Waals surface area contributed by atoms with Crippen molar-refractivity contribution in [3.05, 3.63) is 156 Å². The molecule has 1 fully saturated rings. The van der Waals surface area contributed by atoms with Crippen molar-refractivity contribution < 1.29 is 8.98 Å². The summed E-state index contributed by atoms with van der Waals surface area (Å²) in [4.78, 5) is 0. The van der Waals surface area contributed by atoms with Gasteiger partial charge < -0.3 is 4.42 Å². The van der Waals surface area contributed by atoms with Crippen LogP contribution in [0.5, 0.6) is 0 Å². The van der Waals surface area contributed by atoms with Crippen molar-refractivity contribution in [2.45, 2.75) is 63.7 Å². The van der Waals surface area contributed by atoms with Gasteiger partial charge in [-0.25, -0.2) is 0 Å². The molecule has 53 heavy (non-hydrogen) atoms. The third kappa shape index (κ3) is 4.41. The van der Waals surface area contributed by atoms with Crippen LogP contribution in [0, 0.1) is 5.92 Å². The molecule has 0 N–H and O–H groups in total. The van der Waals surface area contributed by atoms with Gasteiger partial charge in [0.1, 0.15) is 11.1 Å². The Labute approximate surface area is 312 Å². The maximum absolute atomic E-state index is 7.08. The molecule has 0 amide bonds. The molecule has 258 valence electrons. The molecule has 0 bridgehead atoms. The van der Waals surface area contributed by atoms with Gasteiger partial charge in [-0.2, -0.15) is 4.57 Å². The number of benzene rings is 6. The second-order valence-corrected chi connectivity index (χ2v) is 22.0. The molecule has 2 aromatic heterocycles. The van der Waals surface area contributed by atoms with E-state index in [1.54, 1.807) is 10.8 Å². The molecule has 6 aromatic carbocycles. The highest BCUT2D eigenvalue weighted by molar-refractivity contribution is 6.89. The van der Waals surface area contributed by atoms with Gasteiger partial charge in [0.05, 0.1) is 13.6 Å². The van der Waals surface area contributed by atoms with Crippen LogP contribution in [0.4, 0.5) is 0 Å². The first-order valence-corrected chi connectivity index (χ1v) is 23.2. The Morgan fingerprint density at radius 1 is 0.660 bits per heavy atom. The van der Waals surface area contributed by atoms with E-state index in [9.17, 15) is 0 Å². The van der Waals surface area contributed by atoms with Crippen molar-refractivity contribution in [2.24, 2.45) is 5.92 Å². The third-order valence-corrected chi connectivity index (χ3v) is 14.9. The summed E-state index contributed by atoms with van der Waals surface area (Å²) in [6.07, 6.45) is 10.5. The fourth-order valence-electron chi connectivity index (χ4n) is 10.5. The molecule has 2 nitrogen and oxygen atoms in total. The lowest BCUT2D eigenvalue weighted by Gasteiger charge is -2.29. The number of aromatic nitrogens is 1. The highest BCUT2D eigenvalue weighted by Gasteiger charge is 2.60. The van der Waals surface area contributed by atoms with Gasteiger partial charge in [-0.05, 0) is 63.7 Å². The van der Waals surface area contributed by atoms with Crippen LogP contribution in [0.3, 0.4) is 0 Å². The quantitative estimate of drug-likeness (QED) is 0.132. The number of hydrogen-bond acceptors (Lipinski definition) is 1. The molecule has 1 spiro atoms. The second-order valence-electron chi connectivity index (χ2n) is 16.9. The summed E-state index contributed by atoms with van der Waals surface area (Å²) in [5, 5.41) is 6.48.